The van der Waals surface area contributed by atoms with Crippen LogP contribution in [0.25, 0.3) is 10.9 Å². The van der Waals surface area contributed by atoms with Crippen LogP contribution in [0.15, 0.2) is 30.5 Å². The first-order valence-corrected chi connectivity index (χ1v) is 13.5. The van der Waals surface area contributed by atoms with Gasteiger partial charge in [0.25, 0.3) is 0 Å². The molecule has 0 spiro atoms. The van der Waals surface area contributed by atoms with Gasteiger partial charge in [0.05, 0.1) is 6.04 Å². The third-order valence-electron chi connectivity index (χ3n) is 6.18. The molecular formula is C26H40N6O5S. The van der Waals surface area contributed by atoms with Crippen LogP contribution in [-0.2, 0) is 25.6 Å². The van der Waals surface area contributed by atoms with Gasteiger partial charge >= 0.3 is 5.97 Å². The Labute approximate surface area is 228 Å². The van der Waals surface area contributed by atoms with Crippen molar-refractivity contribution < 1.29 is 24.3 Å². The third kappa shape index (κ3) is 9.34. The van der Waals surface area contributed by atoms with Crippen molar-refractivity contribution in [2.75, 3.05) is 12.3 Å². The SMILES string of the molecule is CC(C)CC(NC(=O)C(N)CCCCN)C(=O)NC(CS)C(=O)NC(Cc1c[nH]c2ccccc12)C(=O)O. The minimum Gasteiger partial charge on any atom is -0.480 e. The highest BCUT2D eigenvalue weighted by molar-refractivity contribution is 7.80. The first kappa shape index (κ1) is 31.1. The van der Waals surface area contributed by atoms with E-state index in [1.807, 2.05) is 38.1 Å². The van der Waals surface area contributed by atoms with Crippen molar-refractivity contribution in [2.45, 2.75) is 70.1 Å². The number of carbonyl (C=O) groups is 4. The fraction of sp³-hybridized carbons (Fsp3) is 0.538. The lowest BCUT2D eigenvalue weighted by atomic mass is 10.0. The maximum atomic E-state index is 13.1. The molecule has 1 aromatic heterocycles. The summed E-state index contributed by atoms with van der Waals surface area (Å²) in [4.78, 5) is 53.7. The van der Waals surface area contributed by atoms with Gasteiger partial charge in [-0.1, -0.05) is 38.5 Å². The molecule has 38 heavy (non-hydrogen) atoms. The van der Waals surface area contributed by atoms with Crippen molar-refractivity contribution in [3.05, 3.63) is 36.0 Å². The number of aromatic amines is 1. The van der Waals surface area contributed by atoms with Crippen LogP contribution in [0, 0.1) is 5.92 Å². The number of para-hydroxylation sites is 1. The lowest BCUT2D eigenvalue weighted by molar-refractivity contribution is -0.142. The Balaban J connectivity index is 2.06. The molecule has 0 aliphatic carbocycles. The summed E-state index contributed by atoms with van der Waals surface area (Å²) in [6.45, 7) is 4.31. The number of H-pyrrole nitrogens is 1. The van der Waals surface area contributed by atoms with Crippen molar-refractivity contribution >= 4 is 47.2 Å². The van der Waals surface area contributed by atoms with Gasteiger partial charge in [-0.15, -0.1) is 0 Å². The molecule has 0 saturated heterocycles. The molecule has 3 amide bonds. The number of aromatic nitrogens is 1. The summed E-state index contributed by atoms with van der Waals surface area (Å²) < 4.78 is 0. The van der Waals surface area contributed by atoms with E-state index in [0.29, 0.717) is 25.8 Å². The Kier molecular flexibility index (Phi) is 12.6. The Morgan fingerprint density at radius 1 is 0.974 bits per heavy atom. The second-order valence-electron chi connectivity index (χ2n) is 9.79. The number of carboxylic acids is 1. The molecule has 0 aliphatic heterocycles. The molecule has 0 fully saturated rings. The molecular weight excluding hydrogens is 508 g/mol. The standard InChI is InChI=1S/C26H40N6O5S/c1-15(2)11-20(30-23(33)18(28)8-5-6-10-27)24(34)32-22(14-38)25(35)31-21(26(36)37)12-16-13-29-19-9-4-3-7-17(16)19/h3-4,7,9,13,15,18,20-22,29,38H,5-6,8,10-12,14,27-28H2,1-2H3,(H,30,33)(H,31,35)(H,32,34)(H,36,37). The smallest absolute Gasteiger partial charge is 0.326 e. The quantitative estimate of drug-likeness (QED) is 0.112. The zero-order valence-electron chi connectivity index (χ0n) is 21.9. The van der Waals surface area contributed by atoms with E-state index in [4.69, 9.17) is 11.5 Å². The number of aliphatic carboxylic acids is 1. The number of carbonyl (C=O) groups excluding carboxylic acids is 3. The van der Waals surface area contributed by atoms with Crippen molar-refractivity contribution in [2.24, 2.45) is 17.4 Å². The lowest BCUT2D eigenvalue weighted by Crippen LogP contribution is -2.58. The molecule has 1 heterocycles. The molecule has 11 nitrogen and oxygen atoms in total. The summed E-state index contributed by atoms with van der Waals surface area (Å²) in [5, 5.41) is 18.4. The second-order valence-corrected chi connectivity index (χ2v) is 10.2. The molecule has 4 atom stereocenters. The van der Waals surface area contributed by atoms with E-state index < -0.39 is 47.9 Å². The van der Waals surface area contributed by atoms with Gasteiger partial charge in [0, 0.05) is 29.3 Å². The van der Waals surface area contributed by atoms with E-state index in [1.54, 1.807) is 6.20 Å². The van der Waals surface area contributed by atoms with Crippen LogP contribution in [0.4, 0.5) is 0 Å². The summed E-state index contributed by atoms with van der Waals surface area (Å²) in [6.07, 6.45) is 3.96. The van der Waals surface area contributed by atoms with E-state index in [1.165, 1.54) is 0 Å². The van der Waals surface area contributed by atoms with Crippen molar-refractivity contribution in [3.63, 3.8) is 0 Å². The third-order valence-corrected chi connectivity index (χ3v) is 6.54. The largest absolute Gasteiger partial charge is 0.480 e. The van der Waals surface area contributed by atoms with Gasteiger partial charge in [-0.25, -0.2) is 4.79 Å². The second kappa shape index (κ2) is 15.4. The van der Waals surface area contributed by atoms with E-state index in [-0.39, 0.29) is 18.1 Å². The van der Waals surface area contributed by atoms with E-state index in [9.17, 15) is 24.3 Å². The van der Waals surface area contributed by atoms with Crippen LogP contribution in [0.3, 0.4) is 0 Å². The Hall–Kier alpha value is -3.09. The van der Waals surface area contributed by atoms with Gasteiger partial charge in [0.2, 0.25) is 17.7 Å². The molecule has 2 rings (SSSR count). The van der Waals surface area contributed by atoms with E-state index >= 15 is 0 Å². The van der Waals surface area contributed by atoms with Gasteiger partial charge in [-0.3, -0.25) is 14.4 Å². The minimum absolute atomic E-state index is 0.0480. The Morgan fingerprint density at radius 2 is 1.61 bits per heavy atom. The van der Waals surface area contributed by atoms with Gasteiger partial charge in [0.15, 0.2) is 0 Å². The number of amides is 3. The number of hydrogen-bond acceptors (Lipinski definition) is 7. The average Bonchev–Trinajstić information content (AvgIpc) is 3.28. The zero-order chi connectivity index (χ0) is 28.2. The Morgan fingerprint density at radius 3 is 2.24 bits per heavy atom. The number of nitrogens with two attached hydrogens (primary N) is 2. The number of hydrogen-bond donors (Lipinski definition) is 8. The predicted molar refractivity (Wildman–Crippen MR) is 150 cm³/mol. The fourth-order valence-electron chi connectivity index (χ4n) is 4.08. The molecule has 0 bridgehead atoms. The number of fused-ring (bicyclic) bond motifs is 1. The number of rotatable bonds is 16. The van der Waals surface area contributed by atoms with Gasteiger partial charge < -0.3 is 37.5 Å². The molecule has 1 aromatic carbocycles. The number of nitrogens with one attached hydrogen (secondary N) is 4. The summed E-state index contributed by atoms with van der Waals surface area (Å²) in [5.41, 5.74) is 13.0. The highest BCUT2D eigenvalue weighted by atomic mass is 32.1. The average molecular weight is 549 g/mol. The summed E-state index contributed by atoms with van der Waals surface area (Å²) in [7, 11) is 0. The highest BCUT2D eigenvalue weighted by Gasteiger charge is 2.30. The number of benzene rings is 1. The zero-order valence-corrected chi connectivity index (χ0v) is 22.8. The maximum Gasteiger partial charge on any atom is 0.326 e. The van der Waals surface area contributed by atoms with E-state index in [0.717, 1.165) is 22.9 Å². The fourth-order valence-corrected chi connectivity index (χ4v) is 4.34. The van der Waals surface area contributed by atoms with E-state index in [2.05, 4.69) is 33.6 Å². The molecule has 2 aromatic rings. The topological polar surface area (TPSA) is 192 Å². The van der Waals surface area contributed by atoms with Crippen molar-refractivity contribution in [3.8, 4) is 0 Å². The highest BCUT2D eigenvalue weighted by Crippen LogP contribution is 2.19. The van der Waals surface area contributed by atoms with Crippen LogP contribution in [0.2, 0.25) is 0 Å². The molecule has 12 heteroatoms. The van der Waals surface area contributed by atoms with Crippen molar-refractivity contribution in [1.29, 1.82) is 0 Å². The lowest BCUT2D eigenvalue weighted by Gasteiger charge is -2.25. The normalized spacial score (nSPS) is 14.5. The summed E-state index contributed by atoms with van der Waals surface area (Å²) >= 11 is 4.18. The molecule has 0 saturated carbocycles. The van der Waals surface area contributed by atoms with Gasteiger partial charge in [-0.2, -0.15) is 12.6 Å². The van der Waals surface area contributed by atoms with Crippen LogP contribution < -0.4 is 27.4 Å². The molecule has 4 unspecified atom stereocenters. The predicted octanol–water partition coefficient (Wildman–Crippen LogP) is 0.682. The van der Waals surface area contributed by atoms with Crippen LogP contribution in [-0.4, -0.2) is 70.2 Å². The molecule has 9 N–H and O–H groups in total. The minimum atomic E-state index is -1.22. The first-order valence-electron chi connectivity index (χ1n) is 12.8. The molecule has 210 valence electrons. The van der Waals surface area contributed by atoms with Gasteiger partial charge in [0.1, 0.15) is 18.1 Å². The molecule has 0 aliphatic rings. The number of thiol groups is 1. The van der Waals surface area contributed by atoms with Crippen LogP contribution in [0.1, 0.15) is 45.1 Å². The number of unbranched alkanes of at least 4 members (excludes halogenated alkanes) is 1. The van der Waals surface area contributed by atoms with Crippen molar-refractivity contribution in [1.82, 2.24) is 20.9 Å². The summed E-state index contributed by atoms with van der Waals surface area (Å²) in [6, 6.07) is 3.42. The Bertz CT molecular complexity index is 1090. The molecule has 0 radical (unpaired) electrons. The summed E-state index contributed by atoms with van der Waals surface area (Å²) in [5.74, 6) is -2.93. The monoisotopic (exact) mass is 548 g/mol. The number of carboxylic acid groups (broad SMARTS) is 1. The first-order chi connectivity index (χ1) is 18.1. The van der Waals surface area contributed by atoms with Gasteiger partial charge in [-0.05, 0) is 43.4 Å². The maximum absolute atomic E-state index is 13.1. The van der Waals surface area contributed by atoms with Crippen LogP contribution >= 0.6 is 12.6 Å². The van der Waals surface area contributed by atoms with Crippen LogP contribution in [0.5, 0.6) is 0 Å².